The van der Waals surface area contributed by atoms with Crippen LogP contribution in [0.25, 0.3) is 11.1 Å². The van der Waals surface area contributed by atoms with E-state index in [1.165, 1.54) is 0 Å². The number of methoxy groups -OCH3 is 1. The Morgan fingerprint density at radius 1 is 1.12 bits per heavy atom. The maximum Gasteiger partial charge on any atom is 0.417 e. The minimum absolute atomic E-state index is 0.0122. The van der Waals surface area contributed by atoms with Crippen molar-refractivity contribution in [3.8, 4) is 5.75 Å². The van der Waals surface area contributed by atoms with E-state index < -0.39 is 5.76 Å². The number of nitrogens with zero attached hydrogens (tertiary/aromatic N) is 2. The molecule has 0 radical (unpaired) electrons. The number of anilines is 1. The van der Waals surface area contributed by atoms with Crippen LogP contribution in [0.2, 0.25) is 0 Å². The predicted molar refractivity (Wildman–Crippen MR) is 97.9 cm³/mol. The largest absolute Gasteiger partial charge is 0.497 e. The highest BCUT2D eigenvalue weighted by molar-refractivity contribution is 5.94. The van der Waals surface area contributed by atoms with Gasteiger partial charge >= 0.3 is 5.76 Å². The third-order valence-corrected chi connectivity index (χ3v) is 4.65. The van der Waals surface area contributed by atoms with Gasteiger partial charge in [0.1, 0.15) is 5.75 Å². The summed E-state index contributed by atoms with van der Waals surface area (Å²) in [5, 5.41) is 0. The number of amides is 1. The monoisotopic (exact) mass is 353 g/mol. The van der Waals surface area contributed by atoms with Gasteiger partial charge in [0.15, 0.2) is 5.58 Å². The normalized spacial score (nSPS) is 14.7. The summed E-state index contributed by atoms with van der Waals surface area (Å²) in [4.78, 5) is 30.7. The van der Waals surface area contributed by atoms with Crippen molar-refractivity contribution in [1.29, 1.82) is 0 Å². The van der Waals surface area contributed by atoms with Crippen LogP contribution in [0, 0.1) is 0 Å². The van der Waals surface area contributed by atoms with Gasteiger partial charge in [0.25, 0.3) is 5.91 Å². The average molecular weight is 353 g/mol. The number of hydrogen-bond acceptors (Lipinski definition) is 5. The molecule has 1 fully saturated rings. The van der Waals surface area contributed by atoms with Crippen molar-refractivity contribution in [2.24, 2.45) is 0 Å². The zero-order valence-corrected chi connectivity index (χ0v) is 14.4. The number of fused-ring (bicyclic) bond motifs is 1. The fourth-order valence-electron chi connectivity index (χ4n) is 3.24. The summed E-state index contributed by atoms with van der Waals surface area (Å²) in [6.07, 6.45) is 0. The first-order chi connectivity index (χ1) is 12.6. The molecule has 1 aliphatic heterocycles. The number of ether oxygens (including phenoxy) is 1. The Morgan fingerprint density at radius 3 is 2.69 bits per heavy atom. The second-order valence-electron chi connectivity index (χ2n) is 6.21. The van der Waals surface area contributed by atoms with E-state index in [-0.39, 0.29) is 5.91 Å². The number of aromatic amines is 1. The topological polar surface area (TPSA) is 78.8 Å². The molecule has 0 atom stereocenters. The lowest BCUT2D eigenvalue weighted by atomic mass is 10.1. The molecule has 1 saturated heterocycles. The molecule has 1 N–H and O–H groups in total. The van der Waals surface area contributed by atoms with Crippen molar-refractivity contribution in [2.45, 2.75) is 0 Å². The number of rotatable bonds is 3. The van der Waals surface area contributed by atoms with E-state index in [9.17, 15) is 9.59 Å². The molecule has 1 aliphatic rings. The number of nitrogens with one attached hydrogen (secondary N) is 1. The van der Waals surface area contributed by atoms with Crippen LogP contribution < -0.4 is 15.4 Å². The molecule has 4 rings (SSSR count). The van der Waals surface area contributed by atoms with Crippen LogP contribution in [0.4, 0.5) is 5.69 Å². The highest BCUT2D eigenvalue weighted by Crippen LogP contribution is 2.22. The fraction of sp³-hybridized carbons (Fsp3) is 0.263. The summed E-state index contributed by atoms with van der Waals surface area (Å²) in [6, 6.07) is 12.8. The summed E-state index contributed by atoms with van der Waals surface area (Å²) in [5.74, 6) is 0.237. The standard InChI is InChI=1S/C19H19N3O4/c1-25-15-4-2-3-13(11-15)18(23)22-9-7-21(8-10-22)14-5-6-17-16(12-14)20-19(24)26-17/h2-6,11-12H,7-10H2,1H3,(H,20,24). The average Bonchev–Trinajstić information content (AvgIpc) is 3.06. The molecule has 7 nitrogen and oxygen atoms in total. The number of hydrogen-bond donors (Lipinski definition) is 1. The van der Waals surface area contributed by atoms with Gasteiger partial charge in [-0.1, -0.05) is 6.07 Å². The van der Waals surface area contributed by atoms with Crippen molar-refractivity contribution in [3.05, 3.63) is 58.6 Å². The second kappa shape index (κ2) is 6.59. The minimum Gasteiger partial charge on any atom is -0.497 e. The van der Waals surface area contributed by atoms with Gasteiger partial charge in [0, 0.05) is 37.4 Å². The number of H-pyrrole nitrogens is 1. The SMILES string of the molecule is COc1cccc(C(=O)N2CCN(c3ccc4oc(=O)[nH]c4c3)CC2)c1. The van der Waals surface area contributed by atoms with E-state index in [1.54, 1.807) is 25.3 Å². The first-order valence-electron chi connectivity index (χ1n) is 8.45. The zero-order chi connectivity index (χ0) is 18.1. The van der Waals surface area contributed by atoms with Gasteiger partial charge in [-0.05, 0) is 36.4 Å². The van der Waals surface area contributed by atoms with Crippen molar-refractivity contribution < 1.29 is 13.9 Å². The smallest absolute Gasteiger partial charge is 0.417 e. The number of carbonyl (C=O) groups excluding carboxylic acids is 1. The van der Waals surface area contributed by atoms with Gasteiger partial charge in [-0.25, -0.2) is 4.79 Å². The van der Waals surface area contributed by atoms with Gasteiger partial charge in [-0.15, -0.1) is 0 Å². The van der Waals surface area contributed by atoms with E-state index in [1.807, 2.05) is 29.2 Å². The molecule has 3 aromatic rings. The number of piperazine rings is 1. The molecule has 1 amide bonds. The Hall–Kier alpha value is -3.22. The lowest BCUT2D eigenvalue weighted by Crippen LogP contribution is -2.48. The summed E-state index contributed by atoms with van der Waals surface area (Å²) in [5.41, 5.74) is 2.87. The highest BCUT2D eigenvalue weighted by atomic mass is 16.5. The van der Waals surface area contributed by atoms with E-state index in [2.05, 4.69) is 9.88 Å². The summed E-state index contributed by atoms with van der Waals surface area (Å²) in [7, 11) is 1.59. The molecule has 134 valence electrons. The summed E-state index contributed by atoms with van der Waals surface area (Å²) >= 11 is 0. The molecule has 0 saturated carbocycles. The maximum absolute atomic E-state index is 12.7. The molecule has 0 unspecified atom stereocenters. The van der Waals surface area contributed by atoms with Crippen LogP contribution in [0.1, 0.15) is 10.4 Å². The molecule has 26 heavy (non-hydrogen) atoms. The van der Waals surface area contributed by atoms with Crippen LogP contribution in [0.5, 0.6) is 5.75 Å². The third kappa shape index (κ3) is 3.03. The summed E-state index contributed by atoms with van der Waals surface area (Å²) < 4.78 is 10.2. The van der Waals surface area contributed by atoms with Crippen molar-refractivity contribution >= 4 is 22.7 Å². The van der Waals surface area contributed by atoms with Gasteiger partial charge in [0.2, 0.25) is 0 Å². The van der Waals surface area contributed by atoms with E-state index in [0.29, 0.717) is 35.5 Å². The predicted octanol–water partition coefficient (Wildman–Crippen LogP) is 2.09. The lowest BCUT2D eigenvalue weighted by Gasteiger charge is -2.36. The van der Waals surface area contributed by atoms with Crippen molar-refractivity contribution in [3.63, 3.8) is 0 Å². The Labute approximate surface area is 149 Å². The van der Waals surface area contributed by atoms with Gasteiger partial charge in [-0.2, -0.15) is 0 Å². The van der Waals surface area contributed by atoms with E-state index >= 15 is 0 Å². The van der Waals surface area contributed by atoms with Crippen molar-refractivity contribution in [1.82, 2.24) is 9.88 Å². The Kier molecular flexibility index (Phi) is 4.12. The molecule has 0 aliphatic carbocycles. The van der Waals surface area contributed by atoms with Gasteiger partial charge < -0.3 is 19.0 Å². The first-order valence-corrected chi connectivity index (χ1v) is 8.45. The second-order valence-corrected chi connectivity index (χ2v) is 6.21. The molecule has 1 aromatic heterocycles. The lowest BCUT2D eigenvalue weighted by molar-refractivity contribution is 0.0746. The zero-order valence-electron chi connectivity index (χ0n) is 14.4. The van der Waals surface area contributed by atoms with E-state index in [4.69, 9.17) is 9.15 Å². The molecule has 2 aromatic carbocycles. The molecule has 0 spiro atoms. The van der Waals surface area contributed by atoms with Gasteiger partial charge in [-0.3, -0.25) is 9.78 Å². The molecule has 7 heteroatoms. The van der Waals surface area contributed by atoms with Crippen LogP contribution in [0.3, 0.4) is 0 Å². The Balaban J connectivity index is 1.45. The van der Waals surface area contributed by atoms with E-state index in [0.717, 1.165) is 18.8 Å². The maximum atomic E-state index is 12.7. The van der Waals surface area contributed by atoms with Crippen molar-refractivity contribution in [2.75, 3.05) is 38.2 Å². The summed E-state index contributed by atoms with van der Waals surface area (Å²) in [6.45, 7) is 2.72. The number of carbonyl (C=O) groups is 1. The molecular weight excluding hydrogens is 334 g/mol. The quantitative estimate of drug-likeness (QED) is 0.780. The van der Waals surface area contributed by atoms with Crippen LogP contribution in [-0.4, -0.2) is 49.1 Å². The van der Waals surface area contributed by atoms with Crippen LogP contribution in [0.15, 0.2) is 51.7 Å². The molecular formula is C19H19N3O4. The van der Waals surface area contributed by atoms with Crippen LogP contribution in [-0.2, 0) is 0 Å². The molecule has 0 bridgehead atoms. The Morgan fingerprint density at radius 2 is 1.92 bits per heavy atom. The minimum atomic E-state index is -0.453. The number of aromatic nitrogens is 1. The third-order valence-electron chi connectivity index (χ3n) is 4.65. The first kappa shape index (κ1) is 16.3. The molecule has 2 heterocycles. The number of oxazole rings is 1. The Bertz CT molecular complexity index is 999. The van der Waals surface area contributed by atoms with Gasteiger partial charge in [0.05, 0.1) is 12.6 Å². The number of benzene rings is 2. The fourth-order valence-corrected chi connectivity index (χ4v) is 3.24. The highest BCUT2D eigenvalue weighted by Gasteiger charge is 2.23. The van der Waals surface area contributed by atoms with Crippen LogP contribution >= 0.6 is 0 Å².